The molecule has 0 unspecified atom stereocenters. The third-order valence-corrected chi connectivity index (χ3v) is 2.65. The van der Waals surface area contributed by atoms with Crippen LogP contribution in [0.5, 0.6) is 5.75 Å². The zero-order chi connectivity index (χ0) is 15.4. The maximum Gasteiger partial charge on any atom is 0.284 e. The lowest BCUT2D eigenvalue weighted by atomic mass is 10.1. The third kappa shape index (κ3) is 3.24. The summed E-state index contributed by atoms with van der Waals surface area (Å²) in [5, 5.41) is 21.3. The topological polar surface area (TPSA) is 109 Å². The summed E-state index contributed by atoms with van der Waals surface area (Å²) in [7, 11) is 1.41. The second kappa shape index (κ2) is 5.87. The monoisotopic (exact) mass is 290 g/mol. The van der Waals surface area contributed by atoms with Crippen LogP contribution in [0.25, 0.3) is 17.4 Å². The largest absolute Gasteiger partial charge is 0.497 e. The number of methoxy groups -OCH3 is 1. The van der Waals surface area contributed by atoms with Crippen LogP contribution in [0.15, 0.2) is 40.9 Å². The molecule has 0 aliphatic carbocycles. The van der Waals surface area contributed by atoms with Gasteiger partial charge < -0.3 is 9.15 Å². The lowest BCUT2D eigenvalue weighted by Crippen LogP contribution is -1.93. The molecule has 1 heterocycles. The van der Waals surface area contributed by atoms with Crippen LogP contribution in [0.3, 0.4) is 0 Å². The summed E-state index contributed by atoms with van der Waals surface area (Å²) >= 11 is 0. The molecule has 0 N–H and O–H groups in total. The Balaban J connectivity index is 2.42. The van der Waals surface area contributed by atoms with Crippen molar-refractivity contribution in [2.45, 2.75) is 0 Å². The lowest BCUT2D eigenvalue weighted by Gasteiger charge is -2.03. The Kier molecular flexibility index (Phi) is 3.98. The van der Waals surface area contributed by atoms with E-state index in [4.69, 9.17) is 9.15 Å². The van der Waals surface area contributed by atoms with E-state index in [1.54, 1.807) is 6.07 Å². The SMILES string of the molecule is COc1ccc(-c2ccc(/C=C\[N+](=O)[O-])o2)c([N+](=O)[O-])c1. The highest BCUT2D eigenvalue weighted by molar-refractivity contribution is 5.71. The average molecular weight is 290 g/mol. The molecule has 108 valence electrons. The molecule has 0 atom stereocenters. The molecule has 0 aliphatic rings. The summed E-state index contributed by atoms with van der Waals surface area (Å²) < 4.78 is 10.3. The van der Waals surface area contributed by atoms with Crippen molar-refractivity contribution in [2.24, 2.45) is 0 Å². The van der Waals surface area contributed by atoms with E-state index < -0.39 is 9.85 Å². The Bertz CT molecular complexity index is 719. The number of hydrogen-bond donors (Lipinski definition) is 0. The number of nitro benzene ring substituents is 1. The normalized spacial score (nSPS) is 10.7. The van der Waals surface area contributed by atoms with Gasteiger partial charge >= 0.3 is 0 Å². The van der Waals surface area contributed by atoms with Crippen LogP contribution in [0, 0.1) is 20.2 Å². The Hall–Kier alpha value is -3.16. The number of ether oxygens (including phenoxy) is 1. The minimum Gasteiger partial charge on any atom is -0.497 e. The third-order valence-electron chi connectivity index (χ3n) is 2.65. The molecule has 0 saturated carbocycles. The van der Waals surface area contributed by atoms with Gasteiger partial charge in [-0.15, -0.1) is 0 Å². The Morgan fingerprint density at radius 1 is 1.19 bits per heavy atom. The van der Waals surface area contributed by atoms with E-state index in [0.29, 0.717) is 5.75 Å². The molecule has 8 nitrogen and oxygen atoms in total. The molecule has 8 heteroatoms. The molecule has 0 spiro atoms. The minimum atomic E-state index is -0.627. The molecule has 2 rings (SSSR count). The van der Waals surface area contributed by atoms with Crippen LogP contribution in [-0.4, -0.2) is 17.0 Å². The zero-order valence-corrected chi connectivity index (χ0v) is 10.9. The van der Waals surface area contributed by atoms with E-state index in [1.165, 1.54) is 37.5 Å². The summed E-state index contributed by atoms with van der Waals surface area (Å²) in [6.45, 7) is 0. The second-order valence-electron chi connectivity index (χ2n) is 3.94. The van der Waals surface area contributed by atoms with Gasteiger partial charge in [0.25, 0.3) is 5.69 Å². The van der Waals surface area contributed by atoms with Gasteiger partial charge in [0.15, 0.2) is 0 Å². The average Bonchev–Trinajstić information content (AvgIpc) is 2.93. The smallest absolute Gasteiger partial charge is 0.284 e. The molecule has 0 bridgehead atoms. The van der Waals surface area contributed by atoms with Gasteiger partial charge in [-0.1, -0.05) is 0 Å². The maximum absolute atomic E-state index is 11.1. The van der Waals surface area contributed by atoms with Crippen molar-refractivity contribution in [3.05, 3.63) is 62.5 Å². The number of nitrogens with zero attached hydrogens (tertiary/aromatic N) is 2. The minimum absolute atomic E-state index is 0.173. The van der Waals surface area contributed by atoms with Crippen molar-refractivity contribution in [3.8, 4) is 17.1 Å². The molecule has 0 aliphatic heterocycles. The Morgan fingerprint density at radius 2 is 1.95 bits per heavy atom. The molecule has 1 aromatic heterocycles. The molecule has 2 aromatic rings. The predicted molar refractivity (Wildman–Crippen MR) is 73.4 cm³/mol. The van der Waals surface area contributed by atoms with Gasteiger partial charge in [0.05, 0.1) is 34.7 Å². The summed E-state index contributed by atoms with van der Waals surface area (Å²) in [5.41, 5.74) is 0.0926. The van der Waals surface area contributed by atoms with E-state index in [2.05, 4.69) is 0 Å². The fourth-order valence-corrected chi connectivity index (χ4v) is 1.72. The van der Waals surface area contributed by atoms with E-state index in [1.807, 2.05) is 0 Å². The van der Waals surface area contributed by atoms with Gasteiger partial charge in [-0.3, -0.25) is 20.2 Å². The quantitative estimate of drug-likeness (QED) is 0.618. The molecule has 0 radical (unpaired) electrons. The second-order valence-corrected chi connectivity index (χ2v) is 3.94. The van der Waals surface area contributed by atoms with Gasteiger partial charge in [0.2, 0.25) is 6.20 Å². The summed E-state index contributed by atoms with van der Waals surface area (Å²) in [4.78, 5) is 20.2. The van der Waals surface area contributed by atoms with Crippen LogP contribution >= 0.6 is 0 Å². The highest BCUT2D eigenvalue weighted by atomic mass is 16.6. The standard InChI is InChI=1S/C13H10N2O6/c1-20-10-2-4-11(12(8-10)15(18)19)13-5-3-9(21-13)6-7-14(16)17/h2-8H,1H3/b7-6-. The highest BCUT2D eigenvalue weighted by Crippen LogP contribution is 2.34. The molecular weight excluding hydrogens is 280 g/mol. The maximum atomic E-state index is 11.1. The van der Waals surface area contributed by atoms with E-state index in [-0.39, 0.29) is 22.8 Å². The van der Waals surface area contributed by atoms with Crippen molar-refractivity contribution in [1.29, 1.82) is 0 Å². The van der Waals surface area contributed by atoms with Gasteiger partial charge in [-0.2, -0.15) is 0 Å². The van der Waals surface area contributed by atoms with E-state index in [0.717, 1.165) is 6.20 Å². The van der Waals surface area contributed by atoms with Crippen molar-refractivity contribution < 1.29 is 19.0 Å². The predicted octanol–water partition coefficient (Wildman–Crippen LogP) is 3.11. The molecule has 0 saturated heterocycles. The van der Waals surface area contributed by atoms with Crippen molar-refractivity contribution in [1.82, 2.24) is 0 Å². The number of benzene rings is 1. The summed E-state index contributed by atoms with van der Waals surface area (Å²) in [5.74, 6) is 0.824. The number of hydrogen-bond acceptors (Lipinski definition) is 6. The zero-order valence-electron chi connectivity index (χ0n) is 10.9. The van der Waals surface area contributed by atoms with Crippen molar-refractivity contribution >= 4 is 11.8 Å². The van der Waals surface area contributed by atoms with E-state index in [9.17, 15) is 20.2 Å². The molecule has 1 aromatic carbocycles. The lowest BCUT2D eigenvalue weighted by molar-refractivity contribution is -0.401. The van der Waals surface area contributed by atoms with Gasteiger partial charge in [-0.05, 0) is 24.3 Å². The number of rotatable bonds is 5. The van der Waals surface area contributed by atoms with Crippen LogP contribution in [0.1, 0.15) is 5.76 Å². The summed E-state index contributed by atoms with van der Waals surface area (Å²) in [6, 6.07) is 7.34. The van der Waals surface area contributed by atoms with Crippen molar-refractivity contribution in [3.63, 3.8) is 0 Å². The van der Waals surface area contributed by atoms with Gasteiger partial charge in [0, 0.05) is 0 Å². The Labute approximate surface area is 118 Å². The van der Waals surface area contributed by atoms with E-state index >= 15 is 0 Å². The summed E-state index contributed by atoms with van der Waals surface area (Å²) in [6.07, 6.45) is 1.89. The molecule has 21 heavy (non-hydrogen) atoms. The fraction of sp³-hybridized carbons (Fsp3) is 0.0769. The highest BCUT2D eigenvalue weighted by Gasteiger charge is 2.19. The van der Waals surface area contributed by atoms with Crippen molar-refractivity contribution in [2.75, 3.05) is 7.11 Å². The fourth-order valence-electron chi connectivity index (χ4n) is 1.72. The molecule has 0 amide bonds. The number of nitro groups is 2. The molecule has 0 fully saturated rings. The van der Waals surface area contributed by atoms with Gasteiger partial charge in [0.1, 0.15) is 17.3 Å². The Morgan fingerprint density at radius 3 is 2.57 bits per heavy atom. The van der Waals surface area contributed by atoms with Crippen LogP contribution in [0.4, 0.5) is 5.69 Å². The van der Waals surface area contributed by atoms with Crippen LogP contribution < -0.4 is 4.74 Å². The number of furan rings is 1. The first-order chi connectivity index (χ1) is 10.0. The van der Waals surface area contributed by atoms with Gasteiger partial charge in [-0.25, -0.2) is 0 Å². The first-order valence-corrected chi connectivity index (χ1v) is 5.75. The molecular formula is C13H10N2O6. The van der Waals surface area contributed by atoms with Crippen LogP contribution in [-0.2, 0) is 0 Å². The van der Waals surface area contributed by atoms with Crippen LogP contribution in [0.2, 0.25) is 0 Å². The first-order valence-electron chi connectivity index (χ1n) is 5.75. The first kappa shape index (κ1) is 14.3.